The van der Waals surface area contributed by atoms with Crippen molar-refractivity contribution in [2.24, 2.45) is 0 Å². The highest BCUT2D eigenvalue weighted by Crippen LogP contribution is 2.26. The number of hydrogen-bond acceptors (Lipinski definition) is 2. The van der Waals surface area contributed by atoms with Crippen LogP contribution in [0.2, 0.25) is 0 Å². The van der Waals surface area contributed by atoms with E-state index in [0.717, 1.165) is 52.0 Å². The van der Waals surface area contributed by atoms with E-state index in [4.69, 9.17) is 0 Å². The maximum atomic E-state index is 12.1. The number of carbonyl (C=O) groups excluding carboxylic acids is 1. The monoisotopic (exact) mass is 303 g/mol. The quantitative estimate of drug-likeness (QED) is 0.848. The van der Waals surface area contributed by atoms with Crippen molar-refractivity contribution in [1.82, 2.24) is 10.2 Å². The van der Waals surface area contributed by atoms with Gasteiger partial charge in [-0.2, -0.15) is 0 Å². The Morgan fingerprint density at radius 3 is 2.55 bits per heavy atom. The summed E-state index contributed by atoms with van der Waals surface area (Å²) >= 11 is 0. The first-order valence-corrected chi connectivity index (χ1v) is 8.53. The van der Waals surface area contributed by atoms with Crippen LogP contribution in [0.1, 0.15) is 37.8 Å². The van der Waals surface area contributed by atoms with Gasteiger partial charge in [0.1, 0.15) is 0 Å². The van der Waals surface area contributed by atoms with Crippen LogP contribution in [0, 0.1) is 6.92 Å². The largest absolute Gasteiger partial charge is 0.368 e. The molecule has 2 amide bonds. The summed E-state index contributed by atoms with van der Waals surface area (Å²) < 4.78 is 0. The van der Waals surface area contributed by atoms with E-state index in [9.17, 15) is 4.79 Å². The van der Waals surface area contributed by atoms with Gasteiger partial charge >= 0.3 is 6.03 Å². The highest BCUT2D eigenvalue weighted by molar-refractivity contribution is 5.74. The number of amides is 2. The van der Waals surface area contributed by atoms with Gasteiger partial charge in [0.15, 0.2) is 0 Å². The Morgan fingerprint density at radius 2 is 1.91 bits per heavy atom. The van der Waals surface area contributed by atoms with E-state index in [2.05, 4.69) is 49.2 Å². The Morgan fingerprint density at radius 1 is 1.18 bits per heavy atom. The van der Waals surface area contributed by atoms with Gasteiger partial charge in [-0.05, 0) is 30.9 Å². The Balaban J connectivity index is 1.94. The van der Waals surface area contributed by atoms with Crippen molar-refractivity contribution in [3.05, 3.63) is 29.3 Å². The molecular weight excluding hydrogens is 274 g/mol. The Bertz CT molecular complexity index is 493. The highest BCUT2D eigenvalue weighted by Gasteiger charge is 2.22. The minimum Gasteiger partial charge on any atom is -0.368 e. The van der Waals surface area contributed by atoms with Crippen LogP contribution in [0.3, 0.4) is 0 Å². The molecule has 1 heterocycles. The third-order valence-corrected chi connectivity index (χ3v) is 4.39. The molecule has 0 spiro atoms. The number of anilines is 1. The third-order valence-electron chi connectivity index (χ3n) is 4.39. The molecule has 0 bridgehead atoms. The molecule has 0 atom stereocenters. The molecule has 0 aliphatic carbocycles. The van der Waals surface area contributed by atoms with Crippen LogP contribution in [-0.4, -0.2) is 43.7 Å². The van der Waals surface area contributed by atoms with Gasteiger partial charge in [0.2, 0.25) is 0 Å². The van der Waals surface area contributed by atoms with Crippen molar-refractivity contribution in [3.63, 3.8) is 0 Å². The van der Waals surface area contributed by atoms with Crippen molar-refractivity contribution in [1.29, 1.82) is 0 Å². The number of para-hydroxylation sites is 1. The van der Waals surface area contributed by atoms with Gasteiger partial charge < -0.3 is 15.1 Å². The lowest BCUT2D eigenvalue weighted by Crippen LogP contribution is -2.52. The molecule has 1 aromatic rings. The van der Waals surface area contributed by atoms with Crippen LogP contribution in [-0.2, 0) is 6.42 Å². The lowest BCUT2D eigenvalue weighted by atomic mass is 10.0. The summed E-state index contributed by atoms with van der Waals surface area (Å²) in [5, 5.41) is 3.01. The summed E-state index contributed by atoms with van der Waals surface area (Å²) in [5.41, 5.74) is 4.11. The molecular formula is C18H29N3O. The van der Waals surface area contributed by atoms with Crippen molar-refractivity contribution >= 4 is 11.7 Å². The number of nitrogens with one attached hydrogen (secondary N) is 1. The first-order valence-electron chi connectivity index (χ1n) is 8.53. The van der Waals surface area contributed by atoms with Gasteiger partial charge in [-0.1, -0.05) is 38.5 Å². The second-order valence-corrected chi connectivity index (χ2v) is 6.00. The van der Waals surface area contributed by atoms with E-state index in [0.29, 0.717) is 0 Å². The standard InChI is InChI=1S/C18H29N3O/c1-4-6-10-19-18(22)21-13-11-20(12-14-21)17-15(3)8-7-9-16(17)5-2/h7-9H,4-6,10-14H2,1-3H3,(H,19,22). The molecule has 1 fully saturated rings. The van der Waals surface area contributed by atoms with Gasteiger partial charge in [0.25, 0.3) is 0 Å². The number of nitrogens with zero attached hydrogens (tertiary/aromatic N) is 2. The average Bonchev–Trinajstić information content (AvgIpc) is 2.55. The van der Waals surface area contributed by atoms with Crippen LogP contribution in [0.5, 0.6) is 0 Å². The zero-order chi connectivity index (χ0) is 15.9. The summed E-state index contributed by atoms with van der Waals surface area (Å²) in [7, 11) is 0. The topological polar surface area (TPSA) is 35.6 Å². The predicted octanol–water partition coefficient (Wildman–Crippen LogP) is 3.19. The van der Waals surface area contributed by atoms with Gasteiger partial charge in [-0.15, -0.1) is 0 Å². The smallest absolute Gasteiger partial charge is 0.317 e. The molecule has 4 nitrogen and oxygen atoms in total. The van der Waals surface area contributed by atoms with Crippen LogP contribution < -0.4 is 10.2 Å². The molecule has 1 aliphatic rings. The van der Waals surface area contributed by atoms with Gasteiger partial charge in [0, 0.05) is 38.4 Å². The number of piperazine rings is 1. The Kier molecular flexibility index (Phi) is 6.10. The van der Waals surface area contributed by atoms with Crippen LogP contribution in [0.15, 0.2) is 18.2 Å². The number of aryl methyl sites for hydroxylation is 2. The molecule has 1 saturated heterocycles. The van der Waals surface area contributed by atoms with Crippen molar-refractivity contribution < 1.29 is 4.79 Å². The minimum absolute atomic E-state index is 0.0913. The van der Waals surface area contributed by atoms with Crippen molar-refractivity contribution in [3.8, 4) is 0 Å². The molecule has 0 aromatic heterocycles. The molecule has 0 saturated carbocycles. The summed E-state index contributed by atoms with van der Waals surface area (Å²) in [5.74, 6) is 0. The van der Waals surface area contributed by atoms with E-state index >= 15 is 0 Å². The maximum Gasteiger partial charge on any atom is 0.317 e. The van der Waals surface area contributed by atoms with Crippen molar-refractivity contribution in [2.45, 2.75) is 40.0 Å². The number of benzene rings is 1. The summed E-state index contributed by atoms with van der Waals surface area (Å²) in [6, 6.07) is 6.62. The van der Waals surface area contributed by atoms with E-state index < -0.39 is 0 Å². The second kappa shape index (κ2) is 8.06. The molecule has 1 aliphatic heterocycles. The van der Waals surface area contributed by atoms with Crippen LogP contribution in [0.4, 0.5) is 10.5 Å². The minimum atomic E-state index is 0.0913. The van der Waals surface area contributed by atoms with Gasteiger partial charge in [0.05, 0.1) is 0 Å². The number of urea groups is 1. The molecule has 4 heteroatoms. The summed E-state index contributed by atoms with van der Waals surface area (Å²) in [4.78, 5) is 16.5. The van der Waals surface area contributed by atoms with Crippen LogP contribution >= 0.6 is 0 Å². The molecule has 0 unspecified atom stereocenters. The lowest BCUT2D eigenvalue weighted by molar-refractivity contribution is 0.194. The Labute approximate surface area is 134 Å². The summed E-state index contributed by atoms with van der Waals surface area (Å²) in [6.07, 6.45) is 3.21. The second-order valence-electron chi connectivity index (χ2n) is 6.00. The SMILES string of the molecule is CCCCNC(=O)N1CCN(c2c(C)cccc2CC)CC1. The van der Waals surface area contributed by atoms with Crippen molar-refractivity contribution in [2.75, 3.05) is 37.6 Å². The first-order chi connectivity index (χ1) is 10.7. The Hall–Kier alpha value is -1.71. The van der Waals surface area contributed by atoms with E-state index in [1.54, 1.807) is 0 Å². The molecule has 1 N–H and O–H groups in total. The highest BCUT2D eigenvalue weighted by atomic mass is 16.2. The number of unbranched alkanes of at least 4 members (excludes halogenated alkanes) is 1. The van der Waals surface area contributed by atoms with E-state index in [1.165, 1.54) is 16.8 Å². The van der Waals surface area contributed by atoms with E-state index in [-0.39, 0.29) is 6.03 Å². The average molecular weight is 303 g/mol. The van der Waals surface area contributed by atoms with E-state index in [1.807, 2.05) is 4.90 Å². The third kappa shape index (κ3) is 3.93. The normalized spacial score (nSPS) is 15.0. The fraction of sp³-hybridized carbons (Fsp3) is 0.611. The fourth-order valence-corrected chi connectivity index (χ4v) is 3.07. The maximum absolute atomic E-state index is 12.1. The van der Waals surface area contributed by atoms with Gasteiger partial charge in [-0.25, -0.2) is 4.79 Å². The van der Waals surface area contributed by atoms with Crippen LogP contribution in [0.25, 0.3) is 0 Å². The number of carbonyl (C=O) groups is 1. The number of rotatable bonds is 5. The predicted molar refractivity (Wildman–Crippen MR) is 92.6 cm³/mol. The zero-order valence-corrected chi connectivity index (χ0v) is 14.2. The molecule has 0 radical (unpaired) electrons. The molecule has 22 heavy (non-hydrogen) atoms. The number of hydrogen-bond donors (Lipinski definition) is 1. The first kappa shape index (κ1) is 16.7. The molecule has 1 aromatic carbocycles. The zero-order valence-electron chi connectivity index (χ0n) is 14.2. The summed E-state index contributed by atoms with van der Waals surface area (Å²) in [6.45, 7) is 10.7. The fourth-order valence-electron chi connectivity index (χ4n) is 3.07. The lowest BCUT2D eigenvalue weighted by Gasteiger charge is -2.37. The molecule has 122 valence electrons. The molecule has 2 rings (SSSR count). The van der Waals surface area contributed by atoms with Gasteiger partial charge in [-0.3, -0.25) is 0 Å².